The van der Waals surface area contributed by atoms with Gasteiger partial charge in [-0.05, 0) is 32.6 Å². The molecule has 1 aliphatic carbocycles. The first-order valence-corrected chi connectivity index (χ1v) is 6.31. The molecule has 0 saturated carbocycles. The molecular formula is C12H17ClN2O. The molecule has 0 aliphatic heterocycles. The third kappa shape index (κ3) is 2.71. The molecule has 0 saturated heterocycles. The normalized spacial score (nSPS) is 14.9. The van der Waals surface area contributed by atoms with Crippen LogP contribution in [0.4, 0.5) is 0 Å². The molecular weight excluding hydrogens is 224 g/mol. The van der Waals surface area contributed by atoms with Crippen molar-refractivity contribution in [2.75, 3.05) is 13.2 Å². The Balaban J connectivity index is 2.12. The molecule has 0 radical (unpaired) electrons. The second-order valence-electron chi connectivity index (χ2n) is 4.01. The van der Waals surface area contributed by atoms with Crippen LogP contribution in [-0.2, 0) is 24.0 Å². The van der Waals surface area contributed by atoms with Crippen LogP contribution in [0.1, 0.15) is 36.8 Å². The average Bonchev–Trinajstić information content (AvgIpc) is 2.30. The van der Waals surface area contributed by atoms with Gasteiger partial charge in [0.1, 0.15) is 11.0 Å². The number of rotatable bonds is 4. The fourth-order valence-corrected chi connectivity index (χ4v) is 2.32. The summed E-state index contributed by atoms with van der Waals surface area (Å²) in [5.41, 5.74) is 2.31. The van der Waals surface area contributed by atoms with Crippen molar-refractivity contribution in [3.63, 3.8) is 0 Å². The highest BCUT2D eigenvalue weighted by Crippen LogP contribution is 2.25. The van der Waals surface area contributed by atoms with Crippen molar-refractivity contribution in [2.24, 2.45) is 0 Å². The molecule has 0 N–H and O–H groups in total. The van der Waals surface area contributed by atoms with Gasteiger partial charge in [-0.25, -0.2) is 9.97 Å². The van der Waals surface area contributed by atoms with Gasteiger partial charge < -0.3 is 4.74 Å². The minimum atomic E-state index is 0.649. The number of hydrogen-bond donors (Lipinski definition) is 0. The van der Waals surface area contributed by atoms with Crippen LogP contribution in [0.3, 0.4) is 0 Å². The lowest BCUT2D eigenvalue weighted by Crippen LogP contribution is -2.12. The predicted molar refractivity (Wildman–Crippen MR) is 63.9 cm³/mol. The molecule has 0 unspecified atom stereocenters. The Morgan fingerprint density at radius 2 is 2.06 bits per heavy atom. The molecule has 0 fully saturated rings. The summed E-state index contributed by atoms with van der Waals surface area (Å²) >= 11 is 6.17. The Labute approximate surface area is 101 Å². The molecule has 3 nitrogen and oxygen atoms in total. The second kappa shape index (κ2) is 5.60. The van der Waals surface area contributed by atoms with E-state index < -0.39 is 0 Å². The zero-order chi connectivity index (χ0) is 11.4. The summed E-state index contributed by atoms with van der Waals surface area (Å²) in [5, 5.41) is 0.649. The molecule has 0 aromatic carbocycles. The maximum Gasteiger partial charge on any atom is 0.136 e. The molecule has 16 heavy (non-hydrogen) atoms. The number of ether oxygens (including phenoxy) is 1. The maximum atomic E-state index is 6.17. The first-order valence-electron chi connectivity index (χ1n) is 5.93. The molecule has 0 spiro atoms. The number of nitrogens with zero attached hydrogens (tertiary/aromatic N) is 2. The molecule has 0 bridgehead atoms. The van der Waals surface area contributed by atoms with Crippen molar-refractivity contribution in [3.05, 3.63) is 22.2 Å². The van der Waals surface area contributed by atoms with Gasteiger partial charge in [-0.3, -0.25) is 0 Å². The quantitative estimate of drug-likeness (QED) is 0.599. The topological polar surface area (TPSA) is 35.0 Å². The minimum absolute atomic E-state index is 0.649. The number of fused-ring (bicyclic) bond motifs is 1. The van der Waals surface area contributed by atoms with Crippen molar-refractivity contribution in [2.45, 2.75) is 39.0 Å². The van der Waals surface area contributed by atoms with Crippen LogP contribution in [0.5, 0.6) is 0 Å². The Morgan fingerprint density at radius 3 is 2.88 bits per heavy atom. The summed E-state index contributed by atoms with van der Waals surface area (Å²) in [6, 6.07) is 0. The van der Waals surface area contributed by atoms with E-state index in [1.165, 1.54) is 12.8 Å². The van der Waals surface area contributed by atoms with Gasteiger partial charge in [0, 0.05) is 24.3 Å². The third-order valence-corrected chi connectivity index (χ3v) is 3.17. The van der Waals surface area contributed by atoms with Gasteiger partial charge in [0.2, 0.25) is 0 Å². The van der Waals surface area contributed by atoms with Crippen molar-refractivity contribution in [3.8, 4) is 0 Å². The smallest absolute Gasteiger partial charge is 0.136 e. The number of halogens is 1. The van der Waals surface area contributed by atoms with Gasteiger partial charge in [0.05, 0.1) is 6.61 Å². The molecule has 0 amide bonds. The van der Waals surface area contributed by atoms with E-state index in [0.29, 0.717) is 11.8 Å². The van der Waals surface area contributed by atoms with Gasteiger partial charge in [-0.1, -0.05) is 11.6 Å². The number of hydrogen-bond acceptors (Lipinski definition) is 3. The summed E-state index contributed by atoms with van der Waals surface area (Å²) in [5.74, 6) is 0.819. The minimum Gasteiger partial charge on any atom is -0.381 e. The van der Waals surface area contributed by atoms with Gasteiger partial charge in [0.15, 0.2) is 0 Å². The van der Waals surface area contributed by atoms with Crippen molar-refractivity contribution in [1.82, 2.24) is 9.97 Å². The molecule has 1 aliphatic rings. The average molecular weight is 241 g/mol. The summed E-state index contributed by atoms with van der Waals surface area (Å²) in [7, 11) is 0. The predicted octanol–water partition coefficient (Wildman–Crippen LogP) is 2.59. The summed E-state index contributed by atoms with van der Waals surface area (Å²) in [4.78, 5) is 8.90. The largest absolute Gasteiger partial charge is 0.381 e. The molecule has 2 rings (SSSR count). The second-order valence-corrected chi connectivity index (χ2v) is 4.37. The SMILES string of the molecule is CCOCCc1nc(Cl)c2c(n1)CCCC2. The monoisotopic (exact) mass is 240 g/mol. The maximum absolute atomic E-state index is 6.17. The fraction of sp³-hybridized carbons (Fsp3) is 0.667. The highest BCUT2D eigenvalue weighted by atomic mass is 35.5. The van der Waals surface area contributed by atoms with Gasteiger partial charge in [-0.2, -0.15) is 0 Å². The van der Waals surface area contributed by atoms with E-state index in [1.807, 2.05) is 6.92 Å². The summed E-state index contributed by atoms with van der Waals surface area (Å²) in [6.07, 6.45) is 5.24. The first-order chi connectivity index (χ1) is 7.81. The first kappa shape index (κ1) is 11.8. The molecule has 1 aromatic rings. The molecule has 0 atom stereocenters. The lowest BCUT2D eigenvalue weighted by molar-refractivity contribution is 0.149. The lowest BCUT2D eigenvalue weighted by atomic mass is 9.97. The fourth-order valence-electron chi connectivity index (χ4n) is 2.02. The zero-order valence-electron chi connectivity index (χ0n) is 9.63. The van der Waals surface area contributed by atoms with Crippen LogP contribution in [-0.4, -0.2) is 23.2 Å². The summed E-state index contributed by atoms with van der Waals surface area (Å²) < 4.78 is 5.30. The van der Waals surface area contributed by atoms with Crippen molar-refractivity contribution >= 4 is 11.6 Å². The van der Waals surface area contributed by atoms with E-state index >= 15 is 0 Å². The highest BCUT2D eigenvalue weighted by molar-refractivity contribution is 6.30. The lowest BCUT2D eigenvalue weighted by Gasteiger charge is -2.16. The van der Waals surface area contributed by atoms with Gasteiger partial charge >= 0.3 is 0 Å². The number of aromatic nitrogens is 2. The molecule has 88 valence electrons. The van der Waals surface area contributed by atoms with Crippen LogP contribution in [0.15, 0.2) is 0 Å². The standard InChI is InChI=1S/C12H17ClN2O/c1-2-16-8-7-11-14-10-6-4-3-5-9(10)12(13)15-11/h2-8H2,1H3. The van der Waals surface area contributed by atoms with Crippen LogP contribution < -0.4 is 0 Å². The zero-order valence-corrected chi connectivity index (χ0v) is 10.4. The summed E-state index contributed by atoms with van der Waals surface area (Å²) in [6.45, 7) is 3.39. The van der Waals surface area contributed by atoms with Gasteiger partial charge in [-0.15, -0.1) is 0 Å². The Bertz CT molecular complexity index is 368. The van der Waals surface area contributed by atoms with Crippen LogP contribution in [0.2, 0.25) is 5.15 Å². The van der Waals surface area contributed by atoms with E-state index in [2.05, 4.69) is 9.97 Å². The van der Waals surface area contributed by atoms with E-state index in [9.17, 15) is 0 Å². The van der Waals surface area contributed by atoms with Crippen molar-refractivity contribution < 1.29 is 4.74 Å². The van der Waals surface area contributed by atoms with E-state index in [0.717, 1.165) is 43.0 Å². The molecule has 4 heteroatoms. The Hall–Kier alpha value is -0.670. The Morgan fingerprint density at radius 1 is 1.25 bits per heavy atom. The molecule has 1 aromatic heterocycles. The van der Waals surface area contributed by atoms with E-state index in [1.54, 1.807) is 0 Å². The third-order valence-electron chi connectivity index (χ3n) is 2.85. The Kier molecular flexibility index (Phi) is 4.13. The number of aryl methyl sites for hydroxylation is 1. The van der Waals surface area contributed by atoms with E-state index in [-0.39, 0.29) is 0 Å². The van der Waals surface area contributed by atoms with E-state index in [4.69, 9.17) is 16.3 Å². The van der Waals surface area contributed by atoms with Crippen LogP contribution in [0.25, 0.3) is 0 Å². The van der Waals surface area contributed by atoms with Crippen molar-refractivity contribution in [1.29, 1.82) is 0 Å². The van der Waals surface area contributed by atoms with Crippen LogP contribution >= 0.6 is 11.6 Å². The highest BCUT2D eigenvalue weighted by Gasteiger charge is 2.16. The van der Waals surface area contributed by atoms with Gasteiger partial charge in [0.25, 0.3) is 0 Å². The van der Waals surface area contributed by atoms with Crippen LogP contribution in [0, 0.1) is 0 Å². The molecule has 1 heterocycles.